The van der Waals surface area contributed by atoms with Gasteiger partial charge in [-0.25, -0.2) is 0 Å². The Bertz CT molecular complexity index is 602. The summed E-state index contributed by atoms with van der Waals surface area (Å²) in [4.78, 5) is 0. The van der Waals surface area contributed by atoms with E-state index in [0.29, 0.717) is 16.2 Å². The van der Waals surface area contributed by atoms with Crippen molar-refractivity contribution < 1.29 is 0 Å². The van der Waals surface area contributed by atoms with Crippen LogP contribution in [0.25, 0.3) is 0 Å². The van der Waals surface area contributed by atoms with Crippen LogP contribution in [0.5, 0.6) is 0 Å². The number of hydrogen-bond acceptors (Lipinski definition) is 0. The van der Waals surface area contributed by atoms with Gasteiger partial charge in [0.2, 0.25) is 0 Å². The molecule has 1 aromatic rings. The fourth-order valence-corrected chi connectivity index (χ4v) is 4.61. The van der Waals surface area contributed by atoms with Gasteiger partial charge >= 0.3 is 0 Å². The van der Waals surface area contributed by atoms with Crippen LogP contribution in [0.4, 0.5) is 0 Å². The Balaban J connectivity index is 1.84. The van der Waals surface area contributed by atoms with Gasteiger partial charge in [-0.15, -0.1) is 0 Å². The Morgan fingerprint density at radius 2 is 1.65 bits per heavy atom. The third kappa shape index (κ3) is 1.54. The standard InChI is InChI=1S/C20H26/c1-18(2)10-11-19(3,4)17-12-14(7-8-16(17)18)20-9-5-6-15(20)13-20/h5-8,12,15H,9-11,13H2,1-4H3. The van der Waals surface area contributed by atoms with Crippen molar-refractivity contribution in [2.75, 3.05) is 0 Å². The molecule has 0 aliphatic heterocycles. The Hall–Kier alpha value is -1.04. The van der Waals surface area contributed by atoms with Crippen molar-refractivity contribution in [1.82, 2.24) is 0 Å². The summed E-state index contributed by atoms with van der Waals surface area (Å²) in [6.07, 6.45) is 10.1. The summed E-state index contributed by atoms with van der Waals surface area (Å²) >= 11 is 0. The van der Waals surface area contributed by atoms with Crippen molar-refractivity contribution in [3.8, 4) is 0 Å². The maximum absolute atomic E-state index is 2.57. The third-order valence-electron chi connectivity index (χ3n) is 6.41. The molecule has 0 nitrogen and oxygen atoms in total. The number of hydrogen-bond donors (Lipinski definition) is 0. The molecule has 0 bridgehead atoms. The van der Waals surface area contributed by atoms with Crippen LogP contribution >= 0.6 is 0 Å². The molecular formula is C20H26. The molecule has 0 spiro atoms. The molecule has 1 saturated carbocycles. The number of benzene rings is 1. The first-order valence-corrected chi connectivity index (χ1v) is 8.17. The largest absolute Gasteiger partial charge is 0.0873 e. The lowest BCUT2D eigenvalue weighted by atomic mass is 9.62. The molecule has 1 fully saturated rings. The number of fused-ring (bicyclic) bond motifs is 2. The Morgan fingerprint density at radius 1 is 0.950 bits per heavy atom. The van der Waals surface area contributed by atoms with Gasteiger partial charge in [0, 0.05) is 5.41 Å². The lowest BCUT2D eigenvalue weighted by Gasteiger charge is -2.42. The first kappa shape index (κ1) is 12.7. The predicted molar refractivity (Wildman–Crippen MR) is 85.3 cm³/mol. The van der Waals surface area contributed by atoms with E-state index in [2.05, 4.69) is 58.0 Å². The topological polar surface area (TPSA) is 0 Å². The van der Waals surface area contributed by atoms with Gasteiger partial charge in [-0.05, 0) is 59.1 Å². The molecule has 0 saturated heterocycles. The van der Waals surface area contributed by atoms with Crippen LogP contribution in [-0.2, 0) is 16.2 Å². The maximum atomic E-state index is 2.57. The highest BCUT2D eigenvalue weighted by Crippen LogP contribution is 2.62. The van der Waals surface area contributed by atoms with Crippen molar-refractivity contribution in [3.63, 3.8) is 0 Å². The number of rotatable bonds is 1. The molecule has 4 rings (SSSR count). The molecule has 20 heavy (non-hydrogen) atoms. The van der Waals surface area contributed by atoms with Gasteiger partial charge in [-0.1, -0.05) is 58.0 Å². The Labute approximate surface area is 123 Å². The SMILES string of the molecule is CC1(C)CCC(C)(C)c2cc(C34CC=CC3C4)ccc21. The van der Waals surface area contributed by atoms with Gasteiger partial charge in [-0.2, -0.15) is 0 Å². The molecule has 0 radical (unpaired) electrons. The molecule has 3 aliphatic rings. The molecule has 0 amide bonds. The first-order valence-electron chi connectivity index (χ1n) is 8.17. The summed E-state index contributed by atoms with van der Waals surface area (Å²) in [5.41, 5.74) is 6.01. The second kappa shape index (κ2) is 3.59. The molecular weight excluding hydrogens is 240 g/mol. The third-order valence-corrected chi connectivity index (χ3v) is 6.41. The molecule has 1 aromatic carbocycles. The first-order chi connectivity index (χ1) is 9.35. The summed E-state index contributed by atoms with van der Waals surface area (Å²) in [5, 5.41) is 0. The van der Waals surface area contributed by atoms with Crippen LogP contribution in [0.2, 0.25) is 0 Å². The van der Waals surface area contributed by atoms with Crippen molar-refractivity contribution in [3.05, 3.63) is 47.0 Å². The van der Waals surface area contributed by atoms with E-state index >= 15 is 0 Å². The van der Waals surface area contributed by atoms with Crippen LogP contribution in [0.15, 0.2) is 30.4 Å². The maximum Gasteiger partial charge on any atom is 0.00564 e. The van der Waals surface area contributed by atoms with Gasteiger partial charge in [-0.3, -0.25) is 0 Å². The Morgan fingerprint density at radius 3 is 2.25 bits per heavy atom. The average Bonchev–Trinajstić information content (AvgIpc) is 2.97. The van der Waals surface area contributed by atoms with Crippen LogP contribution < -0.4 is 0 Å². The van der Waals surface area contributed by atoms with Crippen molar-refractivity contribution >= 4 is 0 Å². The van der Waals surface area contributed by atoms with Crippen LogP contribution in [0.3, 0.4) is 0 Å². The van der Waals surface area contributed by atoms with Gasteiger partial charge < -0.3 is 0 Å². The molecule has 0 heterocycles. The predicted octanol–water partition coefficient (Wildman–Crippen LogP) is 5.25. The second-order valence-corrected chi connectivity index (χ2v) is 8.63. The normalized spacial score (nSPS) is 35.5. The minimum absolute atomic E-state index is 0.341. The minimum Gasteiger partial charge on any atom is -0.0873 e. The fourth-order valence-electron chi connectivity index (χ4n) is 4.61. The molecule has 2 atom stereocenters. The summed E-state index contributed by atoms with van der Waals surface area (Å²) in [7, 11) is 0. The van der Waals surface area contributed by atoms with Crippen LogP contribution in [-0.4, -0.2) is 0 Å². The van der Waals surface area contributed by atoms with Gasteiger partial charge in [0.25, 0.3) is 0 Å². The van der Waals surface area contributed by atoms with Crippen LogP contribution in [0.1, 0.15) is 70.1 Å². The highest BCUT2D eigenvalue weighted by Gasteiger charge is 2.55. The molecule has 106 valence electrons. The van der Waals surface area contributed by atoms with E-state index in [9.17, 15) is 0 Å². The van der Waals surface area contributed by atoms with E-state index in [1.165, 1.54) is 25.7 Å². The Kier molecular flexibility index (Phi) is 2.27. The summed E-state index contributed by atoms with van der Waals surface area (Å²) in [6.45, 7) is 9.69. The average molecular weight is 266 g/mol. The minimum atomic E-state index is 0.341. The van der Waals surface area contributed by atoms with E-state index in [4.69, 9.17) is 0 Å². The second-order valence-electron chi connectivity index (χ2n) is 8.63. The van der Waals surface area contributed by atoms with Crippen molar-refractivity contribution in [1.29, 1.82) is 0 Å². The summed E-state index contributed by atoms with van der Waals surface area (Å²) in [6, 6.07) is 7.46. The highest BCUT2D eigenvalue weighted by atomic mass is 14.6. The van der Waals surface area contributed by atoms with Crippen molar-refractivity contribution in [2.24, 2.45) is 5.92 Å². The summed E-state index contributed by atoms with van der Waals surface area (Å²) in [5.74, 6) is 0.834. The van der Waals surface area contributed by atoms with Gasteiger partial charge in [0.15, 0.2) is 0 Å². The van der Waals surface area contributed by atoms with E-state index in [1.807, 2.05) is 0 Å². The quantitative estimate of drug-likeness (QED) is 0.609. The fraction of sp³-hybridized carbons (Fsp3) is 0.600. The zero-order valence-corrected chi connectivity index (χ0v) is 13.3. The van der Waals surface area contributed by atoms with E-state index in [0.717, 1.165) is 5.92 Å². The van der Waals surface area contributed by atoms with Crippen molar-refractivity contribution in [2.45, 2.75) is 69.6 Å². The van der Waals surface area contributed by atoms with Gasteiger partial charge in [0.1, 0.15) is 0 Å². The summed E-state index contributed by atoms with van der Waals surface area (Å²) < 4.78 is 0. The zero-order valence-electron chi connectivity index (χ0n) is 13.3. The smallest absolute Gasteiger partial charge is 0.00564 e. The zero-order chi connectivity index (χ0) is 14.2. The highest BCUT2D eigenvalue weighted by molar-refractivity contribution is 5.49. The molecule has 3 aliphatic carbocycles. The molecule has 2 unspecified atom stereocenters. The monoisotopic (exact) mass is 266 g/mol. The van der Waals surface area contributed by atoms with E-state index in [1.54, 1.807) is 16.7 Å². The lowest BCUT2D eigenvalue weighted by Crippen LogP contribution is -2.34. The van der Waals surface area contributed by atoms with E-state index in [-0.39, 0.29) is 0 Å². The van der Waals surface area contributed by atoms with Crippen LogP contribution in [0, 0.1) is 5.92 Å². The molecule has 0 N–H and O–H groups in total. The molecule has 0 aromatic heterocycles. The van der Waals surface area contributed by atoms with E-state index < -0.39 is 0 Å². The molecule has 0 heteroatoms. The van der Waals surface area contributed by atoms with Gasteiger partial charge in [0.05, 0.1) is 0 Å². The number of allylic oxidation sites excluding steroid dienone is 2. The lowest BCUT2D eigenvalue weighted by molar-refractivity contribution is 0.331.